The molecule has 0 heterocycles. The zero-order valence-electron chi connectivity index (χ0n) is 13.3. The molecule has 0 rings (SSSR count). The maximum absolute atomic E-state index is 11.4. The van der Waals surface area contributed by atoms with E-state index in [1.54, 1.807) is 0 Å². The number of terminal acetylenes is 1. The monoisotopic (exact) mass is 280 g/mol. The second kappa shape index (κ2) is 16.1. The molecule has 2 heteroatoms. The van der Waals surface area contributed by atoms with Crippen molar-refractivity contribution in [2.75, 3.05) is 6.61 Å². The van der Waals surface area contributed by atoms with Gasteiger partial charge in [-0.15, -0.1) is 12.3 Å². The van der Waals surface area contributed by atoms with Crippen LogP contribution in [0.5, 0.6) is 0 Å². The zero-order valence-corrected chi connectivity index (χ0v) is 13.3. The summed E-state index contributed by atoms with van der Waals surface area (Å²) in [6.07, 6.45) is 19.6. The molecule has 0 fully saturated rings. The Morgan fingerprint density at radius 1 is 0.900 bits per heavy atom. The zero-order chi connectivity index (χ0) is 14.9. The van der Waals surface area contributed by atoms with E-state index in [-0.39, 0.29) is 5.97 Å². The fourth-order valence-corrected chi connectivity index (χ4v) is 2.17. The van der Waals surface area contributed by atoms with Gasteiger partial charge in [0.25, 0.3) is 0 Å². The van der Waals surface area contributed by atoms with Crippen molar-refractivity contribution in [3.05, 3.63) is 0 Å². The lowest BCUT2D eigenvalue weighted by molar-refractivity contribution is -0.143. The van der Waals surface area contributed by atoms with E-state index >= 15 is 0 Å². The van der Waals surface area contributed by atoms with Crippen LogP contribution in [0.25, 0.3) is 0 Å². The van der Waals surface area contributed by atoms with E-state index in [0.29, 0.717) is 13.0 Å². The van der Waals surface area contributed by atoms with Crippen molar-refractivity contribution in [3.8, 4) is 12.3 Å². The summed E-state index contributed by atoms with van der Waals surface area (Å²) in [4.78, 5) is 11.4. The number of esters is 1. The molecule has 2 nitrogen and oxygen atoms in total. The van der Waals surface area contributed by atoms with Gasteiger partial charge in [0.05, 0.1) is 6.61 Å². The van der Waals surface area contributed by atoms with E-state index in [2.05, 4.69) is 12.8 Å². The number of hydrogen-bond acceptors (Lipinski definition) is 2. The lowest BCUT2D eigenvalue weighted by Crippen LogP contribution is -2.05. The third-order valence-electron chi connectivity index (χ3n) is 3.46. The third-order valence-corrected chi connectivity index (χ3v) is 3.46. The first-order chi connectivity index (χ1) is 9.81. The Balaban J connectivity index is 3.13. The molecule has 0 aliphatic heterocycles. The van der Waals surface area contributed by atoms with Crippen LogP contribution in [0.2, 0.25) is 0 Å². The Hall–Kier alpha value is -0.970. The lowest BCUT2D eigenvalue weighted by Gasteiger charge is -2.05. The van der Waals surface area contributed by atoms with Crippen molar-refractivity contribution < 1.29 is 9.53 Å². The summed E-state index contributed by atoms with van der Waals surface area (Å²) in [5.74, 6) is 2.64. The number of carbonyl (C=O) groups is 1. The predicted molar refractivity (Wildman–Crippen MR) is 85.5 cm³/mol. The van der Waals surface area contributed by atoms with Crippen LogP contribution >= 0.6 is 0 Å². The molecule has 0 saturated heterocycles. The standard InChI is InChI=1S/C18H32O2/c1-3-5-7-9-10-11-13-15-17-20-18(19)16-14-12-8-6-4-2/h1H,4-17H2,2H3. The molecule has 0 radical (unpaired) electrons. The fraction of sp³-hybridized carbons (Fsp3) is 0.833. The second-order valence-corrected chi connectivity index (χ2v) is 5.46. The number of hydrogen-bond donors (Lipinski definition) is 0. The minimum Gasteiger partial charge on any atom is -0.466 e. The molecule has 116 valence electrons. The molecule has 0 spiro atoms. The molecule has 0 aliphatic carbocycles. The summed E-state index contributed by atoms with van der Waals surface area (Å²) in [6.45, 7) is 2.79. The third kappa shape index (κ3) is 15.1. The normalized spacial score (nSPS) is 10.2. The van der Waals surface area contributed by atoms with Crippen molar-refractivity contribution in [2.45, 2.75) is 90.4 Å². The summed E-state index contributed by atoms with van der Waals surface area (Å²) in [5, 5.41) is 0. The second-order valence-electron chi connectivity index (χ2n) is 5.46. The van der Waals surface area contributed by atoms with Crippen LogP contribution in [0.1, 0.15) is 90.4 Å². The summed E-state index contributed by atoms with van der Waals surface area (Å²) in [7, 11) is 0. The SMILES string of the molecule is C#CCCCCCCCCOC(=O)CCCCCCC. The van der Waals surface area contributed by atoms with Gasteiger partial charge in [-0.2, -0.15) is 0 Å². The molecule has 0 aromatic heterocycles. The molecular weight excluding hydrogens is 248 g/mol. The van der Waals surface area contributed by atoms with Crippen molar-refractivity contribution in [3.63, 3.8) is 0 Å². The molecule has 0 amide bonds. The van der Waals surface area contributed by atoms with Crippen LogP contribution in [-0.2, 0) is 9.53 Å². The Labute approximate surface area is 125 Å². The summed E-state index contributed by atoms with van der Waals surface area (Å²) in [5.41, 5.74) is 0. The molecule has 0 saturated carbocycles. The van der Waals surface area contributed by atoms with Crippen LogP contribution in [0.4, 0.5) is 0 Å². The molecule has 0 unspecified atom stereocenters. The highest BCUT2D eigenvalue weighted by atomic mass is 16.5. The van der Waals surface area contributed by atoms with Gasteiger partial charge >= 0.3 is 5.97 Å². The molecule has 0 atom stereocenters. The molecule has 0 aromatic rings. The number of ether oxygens (including phenoxy) is 1. The summed E-state index contributed by atoms with van der Waals surface area (Å²) >= 11 is 0. The maximum atomic E-state index is 11.4. The summed E-state index contributed by atoms with van der Waals surface area (Å²) in [6, 6.07) is 0. The van der Waals surface area contributed by atoms with Crippen LogP contribution in [0.3, 0.4) is 0 Å². The first kappa shape index (κ1) is 19.0. The van der Waals surface area contributed by atoms with Gasteiger partial charge in [0.15, 0.2) is 0 Å². The van der Waals surface area contributed by atoms with Crippen molar-refractivity contribution in [2.24, 2.45) is 0 Å². The van der Waals surface area contributed by atoms with Gasteiger partial charge in [0.2, 0.25) is 0 Å². The highest BCUT2D eigenvalue weighted by Crippen LogP contribution is 2.08. The molecule has 0 N–H and O–H groups in total. The number of carbonyl (C=O) groups excluding carboxylic acids is 1. The van der Waals surface area contributed by atoms with E-state index in [9.17, 15) is 4.79 Å². The Morgan fingerprint density at radius 2 is 1.50 bits per heavy atom. The largest absolute Gasteiger partial charge is 0.466 e. The fourth-order valence-electron chi connectivity index (χ4n) is 2.17. The number of unbranched alkanes of at least 4 members (excludes halogenated alkanes) is 10. The molecule has 0 bridgehead atoms. The molecule has 0 aliphatic rings. The van der Waals surface area contributed by atoms with E-state index in [0.717, 1.165) is 38.5 Å². The Kier molecular flexibility index (Phi) is 15.3. The van der Waals surface area contributed by atoms with Gasteiger partial charge < -0.3 is 4.74 Å². The topological polar surface area (TPSA) is 26.3 Å². The first-order valence-electron chi connectivity index (χ1n) is 8.40. The minimum absolute atomic E-state index is 0.0180. The van der Waals surface area contributed by atoms with Gasteiger partial charge in [-0.3, -0.25) is 4.79 Å². The van der Waals surface area contributed by atoms with Gasteiger partial charge in [-0.1, -0.05) is 58.3 Å². The molecule has 20 heavy (non-hydrogen) atoms. The average Bonchev–Trinajstić information content (AvgIpc) is 2.45. The Bertz CT molecular complexity index is 253. The highest BCUT2D eigenvalue weighted by Gasteiger charge is 2.02. The van der Waals surface area contributed by atoms with Gasteiger partial charge in [0, 0.05) is 12.8 Å². The van der Waals surface area contributed by atoms with Gasteiger partial charge in [-0.05, 0) is 19.3 Å². The van der Waals surface area contributed by atoms with E-state index in [4.69, 9.17) is 11.2 Å². The van der Waals surface area contributed by atoms with E-state index in [1.807, 2.05) is 0 Å². The Morgan fingerprint density at radius 3 is 2.20 bits per heavy atom. The maximum Gasteiger partial charge on any atom is 0.305 e. The van der Waals surface area contributed by atoms with E-state index in [1.165, 1.54) is 38.5 Å². The van der Waals surface area contributed by atoms with Crippen LogP contribution in [0.15, 0.2) is 0 Å². The van der Waals surface area contributed by atoms with E-state index < -0.39 is 0 Å². The first-order valence-corrected chi connectivity index (χ1v) is 8.40. The van der Waals surface area contributed by atoms with Gasteiger partial charge in [-0.25, -0.2) is 0 Å². The predicted octanol–water partition coefficient (Wildman–Crippen LogP) is 5.25. The molecule has 0 aromatic carbocycles. The van der Waals surface area contributed by atoms with Crippen LogP contribution in [-0.4, -0.2) is 12.6 Å². The minimum atomic E-state index is -0.0180. The molecular formula is C18H32O2. The lowest BCUT2D eigenvalue weighted by atomic mass is 10.1. The van der Waals surface area contributed by atoms with Crippen LogP contribution < -0.4 is 0 Å². The summed E-state index contributed by atoms with van der Waals surface area (Å²) < 4.78 is 5.23. The van der Waals surface area contributed by atoms with Crippen molar-refractivity contribution in [1.82, 2.24) is 0 Å². The van der Waals surface area contributed by atoms with Crippen molar-refractivity contribution in [1.29, 1.82) is 0 Å². The van der Waals surface area contributed by atoms with Gasteiger partial charge in [0.1, 0.15) is 0 Å². The van der Waals surface area contributed by atoms with Crippen LogP contribution in [0, 0.1) is 12.3 Å². The van der Waals surface area contributed by atoms with Crippen molar-refractivity contribution >= 4 is 5.97 Å². The smallest absolute Gasteiger partial charge is 0.305 e. The number of rotatable bonds is 14. The quantitative estimate of drug-likeness (QED) is 0.247. The highest BCUT2D eigenvalue weighted by molar-refractivity contribution is 5.69. The average molecular weight is 280 g/mol.